The molecule has 0 fully saturated rings. The SMILES string of the molecule is [2H]c1c([2H])c([2H])c(-c2cc(-c3cc(-c4ccc(C)cc4)ccn3)cc(-c3cccc4c3nc(-c3cc(C)cc(C)c3O)n4-c3ccccc3)c2)c([2H])c1[2H]. The molecule has 1 N–H and O–H groups in total. The van der Waals surface area contributed by atoms with Crippen molar-refractivity contribution in [2.24, 2.45) is 0 Å². The van der Waals surface area contributed by atoms with Gasteiger partial charge in [-0.25, -0.2) is 4.98 Å². The number of phenolic OH excluding ortho intramolecular Hbond substituents is 1. The Morgan fingerprint density at radius 2 is 1.35 bits per heavy atom. The topological polar surface area (TPSA) is 50.9 Å². The summed E-state index contributed by atoms with van der Waals surface area (Å²) in [6.45, 7) is 5.91. The number of imidazole rings is 1. The van der Waals surface area contributed by atoms with Gasteiger partial charge in [0.2, 0.25) is 0 Å². The molecular formula is C45H35N3O. The third-order valence-corrected chi connectivity index (χ3v) is 8.86. The first-order valence-electron chi connectivity index (χ1n) is 18.6. The number of phenols is 1. The standard InChI is InChI=1S/C45H35N3O/c1-29-17-19-33(20-18-29)34-21-22-46-41(28-34)37-26-35(32-11-6-4-7-12-32)25-36(27-37)39-15-10-16-42-43(39)47-45(48(42)38-13-8-5-9-14-38)40-24-30(2)23-31(3)44(40)49/h4-28,49H,1-3H3/i4D,6D,7D,11D,12D. The van der Waals surface area contributed by atoms with Crippen molar-refractivity contribution in [1.29, 1.82) is 0 Å². The molecule has 0 saturated carbocycles. The first-order chi connectivity index (χ1) is 26.0. The van der Waals surface area contributed by atoms with E-state index in [1.54, 1.807) is 6.20 Å². The Labute approximate surface area is 293 Å². The van der Waals surface area contributed by atoms with E-state index >= 15 is 0 Å². The summed E-state index contributed by atoms with van der Waals surface area (Å²) in [7, 11) is 0. The van der Waals surface area contributed by atoms with Crippen LogP contribution in [-0.2, 0) is 0 Å². The summed E-state index contributed by atoms with van der Waals surface area (Å²) >= 11 is 0. The second-order valence-corrected chi connectivity index (χ2v) is 12.4. The predicted molar refractivity (Wildman–Crippen MR) is 202 cm³/mol. The largest absolute Gasteiger partial charge is 0.507 e. The molecule has 0 saturated heterocycles. The van der Waals surface area contributed by atoms with Gasteiger partial charge in [-0.3, -0.25) is 9.55 Å². The molecule has 0 aliphatic rings. The van der Waals surface area contributed by atoms with Gasteiger partial charge in [0.05, 0.1) is 29.1 Å². The van der Waals surface area contributed by atoms with E-state index in [9.17, 15) is 5.11 Å². The predicted octanol–water partition coefficient (Wildman–Crippen LogP) is 11.4. The highest BCUT2D eigenvalue weighted by Gasteiger charge is 2.21. The van der Waals surface area contributed by atoms with Crippen LogP contribution >= 0.6 is 0 Å². The molecule has 0 radical (unpaired) electrons. The van der Waals surface area contributed by atoms with Crippen LogP contribution < -0.4 is 0 Å². The number of fused-ring (bicyclic) bond motifs is 1. The molecule has 0 bridgehead atoms. The minimum absolute atomic E-state index is 0.0987. The van der Waals surface area contributed by atoms with E-state index in [1.807, 2.05) is 116 Å². The monoisotopic (exact) mass is 638 g/mol. The van der Waals surface area contributed by atoms with Gasteiger partial charge in [-0.1, -0.05) is 96.4 Å². The Morgan fingerprint density at radius 3 is 2.14 bits per heavy atom. The van der Waals surface area contributed by atoms with Gasteiger partial charge in [-0.2, -0.15) is 0 Å². The highest BCUT2D eigenvalue weighted by atomic mass is 16.3. The average Bonchev–Trinajstić information content (AvgIpc) is 3.58. The highest BCUT2D eigenvalue weighted by Crippen LogP contribution is 2.40. The van der Waals surface area contributed by atoms with Crippen LogP contribution in [0.2, 0.25) is 0 Å². The van der Waals surface area contributed by atoms with E-state index in [4.69, 9.17) is 16.8 Å². The molecule has 0 unspecified atom stereocenters. The lowest BCUT2D eigenvalue weighted by Gasteiger charge is -2.13. The van der Waals surface area contributed by atoms with E-state index in [0.717, 1.165) is 50.1 Å². The van der Waals surface area contributed by atoms with Crippen LogP contribution in [0.15, 0.2) is 152 Å². The number of aromatic hydroxyl groups is 1. The lowest BCUT2D eigenvalue weighted by Crippen LogP contribution is -1.98. The molecule has 49 heavy (non-hydrogen) atoms. The third kappa shape index (κ3) is 5.68. The maximum Gasteiger partial charge on any atom is 0.149 e. The minimum Gasteiger partial charge on any atom is -0.507 e. The van der Waals surface area contributed by atoms with Crippen molar-refractivity contribution < 1.29 is 12.0 Å². The molecule has 236 valence electrons. The summed E-state index contributed by atoms with van der Waals surface area (Å²) < 4.78 is 44.9. The summed E-state index contributed by atoms with van der Waals surface area (Å²) in [5.41, 5.74) is 11.2. The van der Waals surface area contributed by atoms with Crippen LogP contribution in [0.5, 0.6) is 5.75 Å². The minimum atomic E-state index is -0.448. The fraction of sp³-hybridized carbons (Fsp3) is 0.0667. The number of aryl methyl sites for hydroxylation is 3. The van der Waals surface area contributed by atoms with Gasteiger partial charge in [0.25, 0.3) is 0 Å². The fourth-order valence-corrected chi connectivity index (χ4v) is 6.47. The maximum absolute atomic E-state index is 11.4. The molecule has 4 heteroatoms. The van der Waals surface area contributed by atoms with Crippen LogP contribution in [0.1, 0.15) is 23.5 Å². The molecule has 8 aromatic rings. The van der Waals surface area contributed by atoms with Crippen molar-refractivity contribution >= 4 is 11.0 Å². The number of hydrogen-bond acceptors (Lipinski definition) is 3. The molecule has 8 rings (SSSR count). The first kappa shape index (κ1) is 24.9. The fourth-order valence-electron chi connectivity index (χ4n) is 6.47. The smallest absolute Gasteiger partial charge is 0.149 e. The van der Waals surface area contributed by atoms with Crippen LogP contribution in [0.3, 0.4) is 0 Å². The number of rotatable bonds is 6. The van der Waals surface area contributed by atoms with Crippen molar-refractivity contribution in [3.63, 3.8) is 0 Å². The maximum atomic E-state index is 11.4. The van der Waals surface area contributed by atoms with E-state index < -0.39 is 18.1 Å². The Bertz CT molecular complexity index is 2730. The lowest BCUT2D eigenvalue weighted by molar-refractivity contribution is 0.472. The van der Waals surface area contributed by atoms with Gasteiger partial charge in [-0.15, -0.1) is 0 Å². The Kier molecular flexibility index (Phi) is 6.29. The summed E-state index contributed by atoms with van der Waals surface area (Å²) in [5, 5.41) is 11.4. The zero-order valence-corrected chi connectivity index (χ0v) is 27.3. The molecule has 0 amide bonds. The van der Waals surface area contributed by atoms with Crippen LogP contribution in [0, 0.1) is 20.8 Å². The number of hydrogen-bond donors (Lipinski definition) is 1. The Hall–Kier alpha value is -6.26. The van der Waals surface area contributed by atoms with Crippen LogP contribution in [0.25, 0.3) is 72.7 Å². The summed E-state index contributed by atoms with van der Waals surface area (Å²) in [6, 6.07) is 35.8. The second kappa shape index (κ2) is 12.4. The number of pyridine rings is 1. The second-order valence-electron chi connectivity index (χ2n) is 12.4. The van der Waals surface area contributed by atoms with Crippen molar-refractivity contribution in [3.05, 3.63) is 168 Å². The average molecular weight is 639 g/mol. The molecular weight excluding hydrogens is 599 g/mol. The highest BCUT2D eigenvalue weighted by molar-refractivity contribution is 5.97. The van der Waals surface area contributed by atoms with Gasteiger partial charge in [0, 0.05) is 23.0 Å². The van der Waals surface area contributed by atoms with Gasteiger partial charge in [0.1, 0.15) is 11.6 Å². The Morgan fingerprint density at radius 1 is 0.592 bits per heavy atom. The van der Waals surface area contributed by atoms with Crippen molar-refractivity contribution in [1.82, 2.24) is 14.5 Å². The van der Waals surface area contributed by atoms with Crippen LogP contribution in [-0.4, -0.2) is 19.6 Å². The molecule has 0 aliphatic heterocycles. The molecule has 2 aromatic heterocycles. The van der Waals surface area contributed by atoms with E-state index in [0.29, 0.717) is 33.7 Å². The van der Waals surface area contributed by atoms with Gasteiger partial charge >= 0.3 is 0 Å². The first-order valence-corrected chi connectivity index (χ1v) is 16.1. The van der Waals surface area contributed by atoms with Gasteiger partial charge in [-0.05, 0) is 114 Å². The molecule has 0 aliphatic carbocycles. The van der Waals surface area contributed by atoms with Gasteiger partial charge in [0.15, 0.2) is 0 Å². The number of para-hydroxylation sites is 2. The molecule has 0 atom stereocenters. The summed E-state index contributed by atoms with van der Waals surface area (Å²) in [5.74, 6) is 0.724. The zero-order chi connectivity index (χ0) is 37.8. The Balaban J connectivity index is 1.42. The van der Waals surface area contributed by atoms with E-state index in [-0.39, 0.29) is 23.4 Å². The number of benzene rings is 6. The van der Waals surface area contributed by atoms with Gasteiger partial charge < -0.3 is 5.11 Å². The lowest BCUT2D eigenvalue weighted by atomic mass is 9.93. The number of nitrogens with zero attached hydrogens (tertiary/aromatic N) is 3. The molecule has 2 heterocycles. The number of aromatic nitrogens is 3. The van der Waals surface area contributed by atoms with Crippen molar-refractivity contribution in [2.75, 3.05) is 0 Å². The molecule has 6 aromatic carbocycles. The summed E-state index contributed by atoms with van der Waals surface area (Å²) in [4.78, 5) is 10.0. The van der Waals surface area contributed by atoms with Crippen molar-refractivity contribution in [3.8, 4) is 67.5 Å². The van der Waals surface area contributed by atoms with E-state index in [1.165, 1.54) is 0 Å². The molecule has 4 nitrogen and oxygen atoms in total. The zero-order valence-electron chi connectivity index (χ0n) is 32.3. The third-order valence-electron chi connectivity index (χ3n) is 8.86. The normalized spacial score (nSPS) is 12.7. The summed E-state index contributed by atoms with van der Waals surface area (Å²) in [6.07, 6.45) is 1.76. The quantitative estimate of drug-likeness (QED) is 0.197. The van der Waals surface area contributed by atoms with E-state index in [2.05, 4.69) is 24.3 Å². The molecule has 0 spiro atoms. The van der Waals surface area contributed by atoms with Crippen LogP contribution in [0.4, 0.5) is 0 Å². The van der Waals surface area contributed by atoms with Crippen molar-refractivity contribution in [2.45, 2.75) is 20.8 Å².